The van der Waals surface area contributed by atoms with Crippen molar-refractivity contribution in [3.8, 4) is 101 Å². The van der Waals surface area contributed by atoms with E-state index in [-0.39, 0.29) is 24.0 Å². The van der Waals surface area contributed by atoms with E-state index < -0.39 is 16.2 Å². The zero-order chi connectivity index (χ0) is 88.6. The van der Waals surface area contributed by atoms with Gasteiger partial charge in [0, 0.05) is 89.9 Å². The molecule has 0 saturated heterocycles. The maximum Gasteiger partial charge on any atom is 0.119 e. The first-order chi connectivity index (χ1) is 62.5. The van der Waals surface area contributed by atoms with Crippen molar-refractivity contribution in [2.75, 3.05) is 62.3 Å². The van der Waals surface area contributed by atoms with Gasteiger partial charge < -0.3 is 58.2 Å². The van der Waals surface area contributed by atoms with E-state index in [4.69, 9.17) is 28.4 Å². The summed E-state index contributed by atoms with van der Waals surface area (Å²) in [6.45, 7) is 18.5. The summed E-state index contributed by atoms with van der Waals surface area (Å²) in [5.74, 6) is 4.66. The van der Waals surface area contributed by atoms with Crippen LogP contribution in [-0.2, 0) is 40.3 Å². The number of fused-ring (bicyclic) bond motifs is 22. The van der Waals surface area contributed by atoms with E-state index in [9.17, 15) is 10.2 Å². The van der Waals surface area contributed by atoms with Crippen LogP contribution in [0, 0.1) is 0 Å². The van der Waals surface area contributed by atoms with Gasteiger partial charge in [-0.2, -0.15) is 0 Å². The molecule has 0 fully saturated rings. The molecule has 0 radical (unpaired) electrons. The number of benzene rings is 16. The Morgan fingerprint density at radius 3 is 0.535 bits per heavy atom. The molecule has 0 atom stereocenters. The van der Waals surface area contributed by atoms with Gasteiger partial charge in [-0.05, 0) is 363 Å². The Morgan fingerprint density at radius 1 is 0.178 bits per heavy atom. The molecule has 0 aliphatic heterocycles. The van der Waals surface area contributed by atoms with Gasteiger partial charge in [-0.25, -0.2) is 0 Å². The first kappa shape index (κ1) is 80.3. The zero-order valence-electron chi connectivity index (χ0n) is 75.1. The van der Waals surface area contributed by atoms with Gasteiger partial charge in [-0.15, -0.1) is 0 Å². The number of aliphatic hydroxyl groups is 2. The van der Waals surface area contributed by atoms with E-state index in [0.717, 1.165) is 158 Å². The molecule has 12 heteroatoms. The van der Waals surface area contributed by atoms with Crippen molar-refractivity contribution in [2.24, 2.45) is 0 Å². The topological polar surface area (TPSA) is 109 Å². The second-order valence-corrected chi connectivity index (χ2v) is 37.1. The van der Waals surface area contributed by atoms with E-state index >= 15 is 0 Å². The Hall–Kier alpha value is -14.6. The summed E-state index contributed by atoms with van der Waals surface area (Å²) in [5.41, 5.74) is 38.6. The summed E-state index contributed by atoms with van der Waals surface area (Å²) in [5, 5.41) is 21.2. The quantitative estimate of drug-likeness (QED) is 0.0758. The van der Waals surface area contributed by atoms with E-state index in [0.29, 0.717) is 0 Å². The minimum absolute atomic E-state index is 0.0447. The number of aliphatic hydroxyl groups excluding tert-OH is 2. The average Bonchev–Trinajstić information content (AvgIpc) is 1.50. The lowest BCUT2D eigenvalue weighted by atomic mass is 9.70. The summed E-state index contributed by atoms with van der Waals surface area (Å²) in [4.78, 5) is 9.73. The van der Waals surface area contributed by atoms with E-state index in [1.807, 2.05) is 0 Å². The molecule has 6 aliphatic carbocycles. The van der Waals surface area contributed by atoms with Crippen molar-refractivity contribution < 1.29 is 38.6 Å². The van der Waals surface area contributed by atoms with E-state index in [1.165, 1.54) is 89.0 Å². The number of methoxy groups -OCH3 is 6. The molecule has 16 aromatic carbocycles. The van der Waals surface area contributed by atoms with Crippen molar-refractivity contribution in [2.45, 2.75) is 95.7 Å². The molecule has 0 saturated carbocycles. The SMILES string of the molecule is COc1ccc(N(c2ccc3c(c2)C(C)(C)c2cc(CO)ccc2-3)c2ccc3c(c2)C2(c4cc(N(c5ccc(OC)cc5)c5ccc6c(c5)C(C)(C)c5cc(CO)ccc5-6)ccc4-c4ccc(N(c5ccc(OC)cc5)c5ccc6c(c5)C(C)(C)c5cc(OC)ccc5-6)cc42)c2cc(N(c4ccc(OC)cc4)c4ccc5c(c4)C(C)(C)c4cc(OC)ccc4-5)ccc2-3)cc1. The van der Waals surface area contributed by atoms with Gasteiger partial charge in [0.1, 0.15) is 34.5 Å². The van der Waals surface area contributed by atoms with Crippen molar-refractivity contribution in [1.82, 2.24) is 0 Å². The highest BCUT2D eigenvalue weighted by atomic mass is 16.5. The highest BCUT2D eigenvalue weighted by Crippen LogP contribution is 2.67. The predicted octanol–water partition coefficient (Wildman–Crippen LogP) is 28.2. The molecule has 2 N–H and O–H groups in total. The van der Waals surface area contributed by atoms with Crippen molar-refractivity contribution in [3.63, 3.8) is 0 Å². The molecule has 0 heterocycles. The lowest BCUT2D eigenvalue weighted by Gasteiger charge is -2.35. The standard InChI is InChI=1S/C117H100N4O8/c1-113(2)101-55-69(67-122)15-43-89(101)91-45-25-75(57-103(91)113)118(71-17-33-83(124-9)34-18-71)79-29-49-97-99-51-31-81(120(73-21-37-85(126-11)38-22-73)77-27-47-93-95-53-41-87(128-13)65-107(95)115(5,6)105(93)59-77)63-111(99)117(109(97)61-79)110-62-80(119(72-19-35-84(125-10)36-20-72)76-26-46-92-90-44-16-70(68-123)56-102(90)114(3,4)104(92)58-76)30-50-98(110)100-52-32-82(64-112(100)117)121(74-23-39-86(127-12)40-24-74)78-28-48-94-96-54-42-88(129-14)66-108(96)116(7,8)106(94)60-78/h15-66,122-123H,67-68H2,1-14H3. The fourth-order valence-corrected chi connectivity index (χ4v) is 22.4. The number of nitrogens with zero attached hydrogens (tertiary/aromatic N) is 4. The molecule has 0 amide bonds. The lowest BCUT2D eigenvalue weighted by Crippen LogP contribution is -2.27. The summed E-state index contributed by atoms with van der Waals surface area (Å²) in [6.07, 6.45) is 0. The normalized spacial score (nSPS) is 14.6. The highest BCUT2D eigenvalue weighted by molar-refractivity contribution is 6.02. The van der Waals surface area contributed by atoms with Crippen LogP contribution in [0.1, 0.15) is 133 Å². The van der Waals surface area contributed by atoms with Gasteiger partial charge in [0.25, 0.3) is 0 Å². The fraction of sp³-hybridized carbons (Fsp3) is 0.179. The Bertz CT molecular complexity index is 6440. The fourth-order valence-electron chi connectivity index (χ4n) is 22.4. The summed E-state index contributed by atoms with van der Waals surface area (Å²) in [7, 11) is 10.4. The highest BCUT2D eigenvalue weighted by Gasteiger charge is 2.54. The van der Waals surface area contributed by atoms with E-state index in [1.54, 1.807) is 42.7 Å². The first-order valence-corrected chi connectivity index (χ1v) is 44.3. The van der Waals surface area contributed by atoms with Crippen LogP contribution in [0.3, 0.4) is 0 Å². The minimum Gasteiger partial charge on any atom is -0.497 e. The number of anilines is 12. The number of ether oxygens (including phenoxy) is 6. The maximum atomic E-state index is 10.6. The molecule has 0 unspecified atom stereocenters. The van der Waals surface area contributed by atoms with Crippen LogP contribution in [0.2, 0.25) is 0 Å². The van der Waals surface area contributed by atoms with Crippen LogP contribution >= 0.6 is 0 Å². The molecule has 129 heavy (non-hydrogen) atoms. The Morgan fingerprint density at radius 2 is 0.333 bits per heavy atom. The molecule has 0 bridgehead atoms. The van der Waals surface area contributed by atoms with Gasteiger partial charge in [0.05, 0.1) is 61.3 Å². The first-order valence-electron chi connectivity index (χ1n) is 44.3. The van der Waals surface area contributed by atoms with Crippen LogP contribution in [0.25, 0.3) is 66.8 Å². The predicted molar refractivity (Wildman–Crippen MR) is 523 cm³/mol. The van der Waals surface area contributed by atoms with Crippen LogP contribution < -0.4 is 48.0 Å². The zero-order valence-corrected chi connectivity index (χ0v) is 75.1. The summed E-state index contributed by atoms with van der Waals surface area (Å²) >= 11 is 0. The third-order valence-electron chi connectivity index (χ3n) is 29.1. The van der Waals surface area contributed by atoms with Crippen LogP contribution in [0.4, 0.5) is 68.2 Å². The Balaban J connectivity index is 0.835. The molecule has 16 aromatic rings. The molecule has 1 spiro atoms. The largest absolute Gasteiger partial charge is 0.497 e. The molecule has 636 valence electrons. The van der Waals surface area contributed by atoms with Gasteiger partial charge >= 0.3 is 0 Å². The molecule has 22 rings (SSSR count). The van der Waals surface area contributed by atoms with Crippen LogP contribution in [-0.4, -0.2) is 52.9 Å². The summed E-state index contributed by atoms with van der Waals surface area (Å²) < 4.78 is 35.8. The Labute approximate surface area is 754 Å². The lowest BCUT2D eigenvalue weighted by molar-refractivity contribution is 0.281. The minimum atomic E-state index is -1.14. The molecule has 0 aromatic heterocycles. The third kappa shape index (κ3) is 12.1. The second kappa shape index (κ2) is 29.8. The monoisotopic (exact) mass is 1690 g/mol. The van der Waals surface area contributed by atoms with Gasteiger partial charge in [0.2, 0.25) is 0 Å². The van der Waals surface area contributed by atoms with Crippen LogP contribution in [0.15, 0.2) is 315 Å². The molecular weight excluding hydrogens is 1590 g/mol. The number of rotatable bonds is 20. The number of hydrogen-bond donors (Lipinski definition) is 2. The molecule has 6 aliphatic rings. The molecule has 12 nitrogen and oxygen atoms in total. The second-order valence-electron chi connectivity index (χ2n) is 37.1. The van der Waals surface area contributed by atoms with Gasteiger partial charge in [-0.3, -0.25) is 0 Å². The summed E-state index contributed by atoms with van der Waals surface area (Å²) in [6, 6.07) is 117. The molecular formula is C117H100N4O8. The van der Waals surface area contributed by atoms with Gasteiger partial charge in [0.15, 0.2) is 0 Å². The van der Waals surface area contributed by atoms with E-state index in [2.05, 4.69) is 390 Å². The average molecular weight is 1690 g/mol. The van der Waals surface area contributed by atoms with Crippen LogP contribution in [0.5, 0.6) is 34.5 Å². The van der Waals surface area contributed by atoms with Crippen molar-refractivity contribution >= 4 is 68.2 Å². The smallest absolute Gasteiger partial charge is 0.119 e. The maximum absolute atomic E-state index is 10.6. The van der Waals surface area contributed by atoms with Crippen molar-refractivity contribution in [1.29, 1.82) is 0 Å². The van der Waals surface area contributed by atoms with Crippen molar-refractivity contribution in [3.05, 3.63) is 393 Å². The Kier molecular flexibility index (Phi) is 18.5. The number of hydrogen-bond acceptors (Lipinski definition) is 12. The third-order valence-corrected chi connectivity index (χ3v) is 29.1. The van der Waals surface area contributed by atoms with Gasteiger partial charge in [-0.1, -0.05) is 152 Å².